The lowest BCUT2D eigenvalue weighted by Gasteiger charge is -2.48. The van der Waals surface area contributed by atoms with Gasteiger partial charge in [0.15, 0.2) is 0 Å². The molecule has 154 valence electrons. The van der Waals surface area contributed by atoms with E-state index in [-0.39, 0.29) is 37.1 Å². The van der Waals surface area contributed by atoms with Crippen LogP contribution in [0.1, 0.15) is 37.0 Å². The molecule has 0 radical (unpaired) electrons. The van der Waals surface area contributed by atoms with E-state index in [1.54, 1.807) is 55.5 Å². The monoisotopic (exact) mass is 406 g/mol. The van der Waals surface area contributed by atoms with Gasteiger partial charge in [-0.3, -0.25) is 24.1 Å². The summed E-state index contributed by atoms with van der Waals surface area (Å²) in [5, 5.41) is 5.52. The van der Waals surface area contributed by atoms with E-state index in [0.717, 1.165) is 0 Å². The molecule has 8 nitrogen and oxygen atoms in total. The van der Waals surface area contributed by atoms with Gasteiger partial charge in [0.1, 0.15) is 0 Å². The standard InChI is InChI=1S/C22H22N4O4/c1-3-25-20(29)17-9-4-5-10-18(17)26-19(28)11-12-22(25,26)21(30)24-16-8-6-7-15(13-16)23-14(2)27/h4-10,13H,3,11-12H2,1-2H3,(H,23,27)(H,24,30)/t22-/m1/s1. The third kappa shape index (κ3) is 2.92. The summed E-state index contributed by atoms with van der Waals surface area (Å²) in [5.41, 5.74) is 0.431. The number of carbonyl (C=O) groups is 4. The quantitative estimate of drug-likeness (QED) is 0.815. The maximum absolute atomic E-state index is 13.6. The highest BCUT2D eigenvalue weighted by molar-refractivity contribution is 6.18. The first-order valence-electron chi connectivity index (χ1n) is 9.81. The third-order valence-corrected chi connectivity index (χ3v) is 5.49. The second-order valence-corrected chi connectivity index (χ2v) is 7.33. The predicted molar refractivity (Wildman–Crippen MR) is 112 cm³/mol. The molecule has 2 heterocycles. The van der Waals surface area contributed by atoms with E-state index in [4.69, 9.17) is 0 Å². The number of nitrogens with zero attached hydrogens (tertiary/aromatic N) is 2. The molecule has 8 heteroatoms. The molecule has 0 spiro atoms. The van der Waals surface area contributed by atoms with Gasteiger partial charge in [0.25, 0.3) is 11.8 Å². The molecular formula is C22H22N4O4. The Morgan fingerprint density at radius 2 is 1.73 bits per heavy atom. The van der Waals surface area contributed by atoms with Crippen molar-refractivity contribution in [3.05, 3.63) is 54.1 Å². The van der Waals surface area contributed by atoms with Crippen molar-refractivity contribution < 1.29 is 19.2 Å². The molecule has 2 aromatic rings. The van der Waals surface area contributed by atoms with Crippen LogP contribution in [0.15, 0.2) is 48.5 Å². The number of likely N-dealkylation sites (N-methyl/N-ethyl adjacent to an activating group) is 1. The van der Waals surface area contributed by atoms with Gasteiger partial charge in [-0.15, -0.1) is 0 Å². The molecule has 0 bridgehead atoms. The maximum atomic E-state index is 13.6. The largest absolute Gasteiger partial charge is 0.326 e. The van der Waals surface area contributed by atoms with Crippen molar-refractivity contribution >= 4 is 40.7 Å². The number of nitrogens with one attached hydrogen (secondary N) is 2. The molecule has 4 amide bonds. The average molecular weight is 406 g/mol. The van der Waals surface area contributed by atoms with E-state index >= 15 is 0 Å². The smallest absolute Gasteiger partial charge is 0.271 e. The third-order valence-electron chi connectivity index (χ3n) is 5.49. The van der Waals surface area contributed by atoms with Crippen molar-refractivity contribution in [3.8, 4) is 0 Å². The SMILES string of the molecule is CCN1C(=O)c2ccccc2N2C(=O)CC[C@@]12C(=O)Nc1cccc(NC(C)=O)c1. The summed E-state index contributed by atoms with van der Waals surface area (Å²) in [6, 6.07) is 13.6. The first-order chi connectivity index (χ1) is 14.4. The fraction of sp³-hybridized carbons (Fsp3) is 0.273. The van der Waals surface area contributed by atoms with Crippen LogP contribution in [0, 0.1) is 0 Å². The molecule has 1 saturated heterocycles. The second-order valence-electron chi connectivity index (χ2n) is 7.33. The molecular weight excluding hydrogens is 384 g/mol. The molecule has 2 aliphatic heterocycles. The lowest BCUT2D eigenvalue weighted by Crippen LogP contribution is -2.69. The molecule has 0 aromatic heterocycles. The highest BCUT2D eigenvalue weighted by Gasteiger charge is 2.60. The average Bonchev–Trinajstić information content (AvgIpc) is 3.06. The summed E-state index contributed by atoms with van der Waals surface area (Å²) < 4.78 is 0. The summed E-state index contributed by atoms with van der Waals surface area (Å²) >= 11 is 0. The van der Waals surface area contributed by atoms with Gasteiger partial charge in [0, 0.05) is 37.7 Å². The molecule has 2 N–H and O–H groups in total. The van der Waals surface area contributed by atoms with Crippen LogP contribution in [0.3, 0.4) is 0 Å². The fourth-order valence-electron chi connectivity index (χ4n) is 4.32. The minimum atomic E-state index is -1.43. The number of carbonyl (C=O) groups excluding carboxylic acids is 4. The lowest BCUT2D eigenvalue weighted by molar-refractivity contribution is -0.128. The molecule has 30 heavy (non-hydrogen) atoms. The van der Waals surface area contributed by atoms with Crippen LogP contribution in [0.2, 0.25) is 0 Å². The van der Waals surface area contributed by atoms with Crippen LogP contribution in [0.25, 0.3) is 0 Å². The summed E-state index contributed by atoms with van der Waals surface area (Å²) in [6.07, 6.45) is 0.369. The van der Waals surface area contributed by atoms with Crippen molar-refractivity contribution in [1.82, 2.24) is 4.90 Å². The summed E-state index contributed by atoms with van der Waals surface area (Å²) in [7, 11) is 0. The molecule has 1 atom stereocenters. The van der Waals surface area contributed by atoms with Crippen molar-refractivity contribution in [1.29, 1.82) is 0 Å². The summed E-state index contributed by atoms with van der Waals surface area (Å²) in [6.45, 7) is 3.46. The zero-order valence-corrected chi connectivity index (χ0v) is 16.8. The number of hydrogen-bond donors (Lipinski definition) is 2. The number of rotatable bonds is 4. The molecule has 0 aliphatic carbocycles. The predicted octanol–water partition coefficient (Wildman–Crippen LogP) is 2.58. The van der Waals surface area contributed by atoms with E-state index in [1.807, 2.05) is 0 Å². The van der Waals surface area contributed by atoms with E-state index in [1.165, 1.54) is 16.7 Å². The van der Waals surface area contributed by atoms with Gasteiger partial charge in [-0.05, 0) is 37.3 Å². The van der Waals surface area contributed by atoms with Crippen LogP contribution in [-0.4, -0.2) is 40.7 Å². The van der Waals surface area contributed by atoms with Crippen LogP contribution in [0.4, 0.5) is 17.1 Å². The van der Waals surface area contributed by atoms with Crippen LogP contribution in [0.5, 0.6) is 0 Å². The Hall–Kier alpha value is -3.68. The fourth-order valence-corrected chi connectivity index (χ4v) is 4.32. The van der Waals surface area contributed by atoms with E-state index < -0.39 is 11.6 Å². The molecule has 2 aliphatic rings. The highest BCUT2D eigenvalue weighted by atomic mass is 16.2. The number of benzene rings is 2. The zero-order valence-electron chi connectivity index (χ0n) is 16.8. The highest BCUT2D eigenvalue weighted by Crippen LogP contribution is 2.44. The Balaban J connectivity index is 1.76. The molecule has 1 fully saturated rings. The summed E-state index contributed by atoms with van der Waals surface area (Å²) in [5.74, 6) is -1.16. The first-order valence-corrected chi connectivity index (χ1v) is 9.81. The topological polar surface area (TPSA) is 98.8 Å². The van der Waals surface area contributed by atoms with Gasteiger partial charge in [-0.2, -0.15) is 0 Å². The number of fused-ring (bicyclic) bond motifs is 3. The van der Waals surface area contributed by atoms with E-state index in [2.05, 4.69) is 10.6 Å². The second kappa shape index (κ2) is 7.29. The first kappa shape index (κ1) is 19.6. The van der Waals surface area contributed by atoms with E-state index in [0.29, 0.717) is 22.6 Å². The van der Waals surface area contributed by atoms with Gasteiger partial charge in [0.05, 0.1) is 11.3 Å². The number of anilines is 3. The molecule has 0 unspecified atom stereocenters. The Morgan fingerprint density at radius 3 is 2.43 bits per heavy atom. The Morgan fingerprint density at radius 1 is 1.03 bits per heavy atom. The molecule has 0 saturated carbocycles. The Kier molecular flexibility index (Phi) is 4.77. The van der Waals surface area contributed by atoms with E-state index in [9.17, 15) is 19.2 Å². The maximum Gasteiger partial charge on any atom is 0.271 e. The molecule has 4 rings (SSSR count). The van der Waals surface area contributed by atoms with Crippen molar-refractivity contribution in [2.45, 2.75) is 32.4 Å². The zero-order chi connectivity index (χ0) is 21.5. The number of para-hydroxylation sites is 1. The molecule has 2 aromatic carbocycles. The minimum Gasteiger partial charge on any atom is -0.326 e. The normalized spacial score (nSPS) is 19.9. The van der Waals surface area contributed by atoms with Crippen LogP contribution < -0.4 is 15.5 Å². The van der Waals surface area contributed by atoms with Crippen molar-refractivity contribution in [2.75, 3.05) is 22.1 Å². The van der Waals surface area contributed by atoms with Gasteiger partial charge < -0.3 is 15.5 Å². The Bertz CT molecular complexity index is 1070. The van der Waals surface area contributed by atoms with Gasteiger partial charge in [-0.25, -0.2) is 0 Å². The van der Waals surface area contributed by atoms with Crippen LogP contribution in [-0.2, 0) is 14.4 Å². The number of amides is 4. The summed E-state index contributed by atoms with van der Waals surface area (Å²) in [4.78, 5) is 53.9. The van der Waals surface area contributed by atoms with Crippen molar-refractivity contribution in [3.63, 3.8) is 0 Å². The minimum absolute atomic E-state index is 0.164. The van der Waals surface area contributed by atoms with Crippen molar-refractivity contribution in [2.24, 2.45) is 0 Å². The van der Waals surface area contributed by atoms with Gasteiger partial charge >= 0.3 is 0 Å². The van der Waals surface area contributed by atoms with Gasteiger partial charge in [-0.1, -0.05) is 18.2 Å². The van der Waals surface area contributed by atoms with Crippen LogP contribution >= 0.6 is 0 Å². The lowest BCUT2D eigenvalue weighted by atomic mass is 9.95. The number of hydrogen-bond acceptors (Lipinski definition) is 4. The van der Waals surface area contributed by atoms with Gasteiger partial charge in [0.2, 0.25) is 17.5 Å². The Labute approximate surface area is 173 Å².